The van der Waals surface area contributed by atoms with Crippen LogP contribution in [0.15, 0.2) is 22.6 Å². The Morgan fingerprint density at radius 3 is 3.12 bits per heavy atom. The Bertz CT molecular complexity index is 518. The maximum Gasteiger partial charge on any atom is 0.394 e. The molecule has 0 aliphatic carbocycles. The number of ether oxygens (including phenoxy) is 1. The van der Waals surface area contributed by atoms with E-state index in [-0.39, 0.29) is 11.6 Å². The summed E-state index contributed by atoms with van der Waals surface area (Å²) in [7, 11) is 0. The van der Waals surface area contributed by atoms with Crippen LogP contribution in [0.25, 0.3) is 11.1 Å². The van der Waals surface area contributed by atoms with Gasteiger partial charge in [-0.3, -0.25) is 0 Å². The van der Waals surface area contributed by atoms with Crippen LogP contribution in [0.2, 0.25) is 0 Å². The minimum absolute atomic E-state index is 0.0780. The second kappa shape index (κ2) is 4.22. The van der Waals surface area contributed by atoms with Gasteiger partial charge in [0.1, 0.15) is 11.3 Å². The van der Waals surface area contributed by atoms with E-state index < -0.39 is 5.97 Å². The summed E-state index contributed by atoms with van der Waals surface area (Å²) in [6, 6.07) is 4.44. The van der Waals surface area contributed by atoms with E-state index in [4.69, 9.17) is 9.15 Å². The number of phenolic OH excluding ortho intramolecular Hbond substituents is 1. The van der Waals surface area contributed by atoms with E-state index in [1.54, 1.807) is 6.07 Å². The highest BCUT2D eigenvalue weighted by molar-refractivity contribution is 5.88. The maximum atomic E-state index is 11.4. The average molecular weight is 221 g/mol. The first-order valence-corrected chi connectivity index (χ1v) is 4.97. The quantitative estimate of drug-likeness (QED) is 0.803. The Kier molecular flexibility index (Phi) is 2.76. The normalized spacial score (nSPS) is 10.6. The topological polar surface area (TPSA) is 72.6 Å². The van der Waals surface area contributed by atoms with Crippen LogP contribution in [0.3, 0.4) is 0 Å². The Labute approximate surface area is 91.7 Å². The highest BCUT2D eigenvalue weighted by Gasteiger charge is 2.15. The molecule has 0 spiro atoms. The number of phenols is 1. The number of carbonyl (C=O) groups is 1. The van der Waals surface area contributed by atoms with Gasteiger partial charge in [0.05, 0.1) is 6.61 Å². The molecule has 16 heavy (non-hydrogen) atoms. The molecule has 0 bridgehead atoms. The van der Waals surface area contributed by atoms with Crippen LogP contribution < -0.4 is 0 Å². The predicted octanol–water partition coefficient (Wildman–Crippen LogP) is 2.10. The summed E-state index contributed by atoms with van der Waals surface area (Å²) >= 11 is 0. The van der Waals surface area contributed by atoms with Gasteiger partial charge in [-0.1, -0.05) is 6.92 Å². The van der Waals surface area contributed by atoms with E-state index in [2.05, 4.69) is 4.98 Å². The molecule has 0 aliphatic rings. The highest BCUT2D eigenvalue weighted by Crippen LogP contribution is 2.20. The lowest BCUT2D eigenvalue weighted by atomic mass is 10.3. The first-order valence-electron chi connectivity index (χ1n) is 4.97. The van der Waals surface area contributed by atoms with Crippen molar-refractivity contribution in [2.24, 2.45) is 0 Å². The average Bonchev–Trinajstić information content (AvgIpc) is 2.68. The lowest BCUT2D eigenvalue weighted by Gasteiger charge is -1.96. The number of rotatable bonds is 3. The molecule has 0 saturated carbocycles. The molecule has 0 radical (unpaired) electrons. The largest absolute Gasteiger partial charge is 0.508 e. The van der Waals surface area contributed by atoms with E-state index in [1.807, 2.05) is 6.92 Å². The van der Waals surface area contributed by atoms with Crippen LogP contribution in [0.5, 0.6) is 5.75 Å². The Morgan fingerprint density at radius 1 is 1.56 bits per heavy atom. The zero-order chi connectivity index (χ0) is 11.5. The summed E-state index contributed by atoms with van der Waals surface area (Å²) in [5.41, 5.74) is 0.879. The molecular formula is C11H11NO4. The number of aromatic nitrogens is 1. The van der Waals surface area contributed by atoms with Gasteiger partial charge in [-0.2, -0.15) is 0 Å². The Balaban J connectivity index is 2.28. The fourth-order valence-corrected chi connectivity index (χ4v) is 1.26. The van der Waals surface area contributed by atoms with Crippen molar-refractivity contribution in [3.05, 3.63) is 24.1 Å². The van der Waals surface area contributed by atoms with Crippen LogP contribution in [-0.4, -0.2) is 22.7 Å². The highest BCUT2D eigenvalue weighted by atomic mass is 16.5. The molecule has 5 nitrogen and oxygen atoms in total. The molecule has 0 unspecified atom stereocenters. The lowest BCUT2D eigenvalue weighted by molar-refractivity contribution is 0.0462. The van der Waals surface area contributed by atoms with Crippen molar-refractivity contribution in [1.82, 2.24) is 4.98 Å². The number of carbonyl (C=O) groups excluding carboxylic acids is 1. The molecule has 5 heteroatoms. The number of benzene rings is 1. The summed E-state index contributed by atoms with van der Waals surface area (Å²) in [5.74, 6) is -0.596. The minimum Gasteiger partial charge on any atom is -0.508 e. The molecule has 1 aromatic heterocycles. The van der Waals surface area contributed by atoms with Crippen LogP contribution in [-0.2, 0) is 4.74 Å². The van der Waals surface area contributed by atoms with Gasteiger partial charge in [0.15, 0.2) is 5.58 Å². The first kappa shape index (κ1) is 10.5. The minimum atomic E-state index is -0.586. The summed E-state index contributed by atoms with van der Waals surface area (Å²) in [6.45, 7) is 2.24. The van der Waals surface area contributed by atoms with Gasteiger partial charge >= 0.3 is 11.9 Å². The summed E-state index contributed by atoms with van der Waals surface area (Å²) in [4.78, 5) is 15.3. The fraction of sp³-hybridized carbons (Fsp3) is 0.273. The van der Waals surface area contributed by atoms with Crippen molar-refractivity contribution >= 4 is 17.1 Å². The third kappa shape index (κ3) is 1.98. The van der Waals surface area contributed by atoms with Gasteiger partial charge in [-0.15, -0.1) is 0 Å². The zero-order valence-corrected chi connectivity index (χ0v) is 8.77. The molecule has 0 aliphatic heterocycles. The SMILES string of the molecule is CCCOC(=O)c1nc2cc(O)ccc2o1. The maximum absolute atomic E-state index is 11.4. The van der Waals surface area contributed by atoms with Crippen LogP contribution in [0.1, 0.15) is 24.0 Å². The molecule has 0 amide bonds. The summed E-state index contributed by atoms with van der Waals surface area (Å²) in [6.07, 6.45) is 0.743. The standard InChI is InChI=1S/C11H11NO4/c1-2-5-15-11(14)10-12-8-6-7(13)3-4-9(8)16-10/h3-4,6,13H,2,5H2,1H3. The van der Waals surface area contributed by atoms with E-state index in [0.717, 1.165) is 6.42 Å². The number of aromatic hydroxyl groups is 1. The third-order valence-electron chi connectivity index (χ3n) is 1.98. The second-order valence-electron chi connectivity index (χ2n) is 3.31. The van der Waals surface area contributed by atoms with Gasteiger partial charge in [0.25, 0.3) is 0 Å². The van der Waals surface area contributed by atoms with Gasteiger partial charge < -0.3 is 14.3 Å². The molecule has 1 aromatic carbocycles. The van der Waals surface area contributed by atoms with Crippen molar-refractivity contribution < 1.29 is 19.1 Å². The monoisotopic (exact) mass is 221 g/mol. The number of esters is 1. The number of oxazole rings is 1. The van der Waals surface area contributed by atoms with Crippen molar-refractivity contribution in [3.63, 3.8) is 0 Å². The van der Waals surface area contributed by atoms with Gasteiger partial charge in [0, 0.05) is 6.07 Å². The molecule has 84 valence electrons. The van der Waals surface area contributed by atoms with E-state index in [1.165, 1.54) is 12.1 Å². The summed E-state index contributed by atoms with van der Waals surface area (Å²) in [5, 5.41) is 9.22. The Morgan fingerprint density at radius 2 is 2.38 bits per heavy atom. The first-order chi connectivity index (χ1) is 7.70. The van der Waals surface area contributed by atoms with Crippen molar-refractivity contribution in [1.29, 1.82) is 0 Å². The molecule has 0 fully saturated rings. The lowest BCUT2D eigenvalue weighted by Crippen LogP contribution is -2.05. The molecule has 0 saturated heterocycles. The fourth-order valence-electron chi connectivity index (χ4n) is 1.26. The molecule has 0 atom stereocenters. The van der Waals surface area contributed by atoms with Gasteiger partial charge in [-0.05, 0) is 18.6 Å². The smallest absolute Gasteiger partial charge is 0.394 e. The number of fused-ring (bicyclic) bond motifs is 1. The third-order valence-corrected chi connectivity index (χ3v) is 1.98. The van der Waals surface area contributed by atoms with Crippen molar-refractivity contribution in [2.75, 3.05) is 6.61 Å². The van der Waals surface area contributed by atoms with Gasteiger partial charge in [-0.25, -0.2) is 9.78 Å². The van der Waals surface area contributed by atoms with Crippen LogP contribution >= 0.6 is 0 Å². The molecule has 2 aromatic rings. The van der Waals surface area contributed by atoms with E-state index >= 15 is 0 Å². The molecule has 1 heterocycles. The molecular weight excluding hydrogens is 210 g/mol. The van der Waals surface area contributed by atoms with Gasteiger partial charge in [0.2, 0.25) is 0 Å². The van der Waals surface area contributed by atoms with E-state index in [0.29, 0.717) is 17.7 Å². The molecule has 2 rings (SSSR count). The number of hydrogen-bond acceptors (Lipinski definition) is 5. The van der Waals surface area contributed by atoms with E-state index in [9.17, 15) is 9.90 Å². The number of nitrogens with zero attached hydrogens (tertiary/aromatic N) is 1. The Hall–Kier alpha value is -2.04. The zero-order valence-electron chi connectivity index (χ0n) is 8.77. The van der Waals surface area contributed by atoms with Crippen molar-refractivity contribution in [3.8, 4) is 5.75 Å². The summed E-state index contributed by atoms with van der Waals surface area (Å²) < 4.78 is 10.1. The van der Waals surface area contributed by atoms with Crippen molar-refractivity contribution in [2.45, 2.75) is 13.3 Å². The molecule has 1 N–H and O–H groups in total. The predicted molar refractivity (Wildman–Crippen MR) is 56.2 cm³/mol. The second-order valence-corrected chi connectivity index (χ2v) is 3.31. The number of hydrogen-bond donors (Lipinski definition) is 1. The van der Waals surface area contributed by atoms with Crippen LogP contribution in [0.4, 0.5) is 0 Å². The van der Waals surface area contributed by atoms with Crippen LogP contribution in [0, 0.1) is 0 Å².